The molecule has 2 aromatic carbocycles. The third-order valence-corrected chi connectivity index (χ3v) is 4.72. The first-order chi connectivity index (χ1) is 18.2. The van der Waals surface area contributed by atoms with Gasteiger partial charge in [-0.25, -0.2) is 10.5 Å². The number of amides is 2. The van der Waals surface area contributed by atoms with E-state index in [-0.39, 0.29) is 47.4 Å². The standard InChI is InChI=1S/C24H20F3N7O4/c1-2-20(36)30-17-5-3-4-6-18(17)31-21-16(24(25,26)27)13-29-23(33-21)32-19-11-14(7-8-15(19)12-28)22(37)34-38-10-9-35/h2-8,11,13,35H,1,9-10H2,(H,30,36)(H,34,37)(H2,29,31,32,33). The number of aliphatic hydroxyl groups excluding tert-OH is 1. The van der Waals surface area contributed by atoms with Crippen LogP contribution in [0.25, 0.3) is 0 Å². The quantitative estimate of drug-likeness (QED) is 0.151. The van der Waals surface area contributed by atoms with Gasteiger partial charge in [0.1, 0.15) is 17.5 Å². The summed E-state index contributed by atoms with van der Waals surface area (Å²) in [4.78, 5) is 36.4. The van der Waals surface area contributed by atoms with Crippen LogP contribution in [0.15, 0.2) is 61.3 Å². The normalized spacial score (nSPS) is 10.7. The van der Waals surface area contributed by atoms with Gasteiger partial charge in [0.2, 0.25) is 11.9 Å². The van der Waals surface area contributed by atoms with Crippen molar-refractivity contribution < 1.29 is 32.7 Å². The Morgan fingerprint density at radius 1 is 1.13 bits per heavy atom. The van der Waals surface area contributed by atoms with Crippen molar-refractivity contribution in [1.82, 2.24) is 15.4 Å². The van der Waals surface area contributed by atoms with Gasteiger partial charge in [-0.2, -0.15) is 23.4 Å². The first kappa shape index (κ1) is 27.6. The molecule has 0 aliphatic rings. The number of nitriles is 1. The number of aliphatic hydroxyl groups is 1. The number of alkyl halides is 3. The zero-order valence-electron chi connectivity index (χ0n) is 19.5. The fourth-order valence-corrected chi connectivity index (χ4v) is 2.99. The van der Waals surface area contributed by atoms with E-state index in [1.54, 1.807) is 12.1 Å². The molecule has 0 bridgehead atoms. The number of hydrogen-bond donors (Lipinski definition) is 5. The molecule has 3 rings (SSSR count). The third-order valence-electron chi connectivity index (χ3n) is 4.72. The number of nitrogens with zero attached hydrogens (tertiary/aromatic N) is 3. The van der Waals surface area contributed by atoms with Crippen LogP contribution in [0.1, 0.15) is 21.5 Å². The second-order valence-electron chi connectivity index (χ2n) is 7.32. The van der Waals surface area contributed by atoms with Gasteiger partial charge >= 0.3 is 6.18 Å². The molecular weight excluding hydrogens is 507 g/mol. The Kier molecular flexibility index (Phi) is 8.93. The second-order valence-corrected chi connectivity index (χ2v) is 7.32. The second kappa shape index (κ2) is 12.3. The number of hydroxylamine groups is 1. The number of para-hydroxylation sites is 2. The molecule has 0 aliphatic heterocycles. The monoisotopic (exact) mass is 527 g/mol. The Hall–Kier alpha value is -5.00. The first-order valence-electron chi connectivity index (χ1n) is 10.7. The summed E-state index contributed by atoms with van der Waals surface area (Å²) in [6.45, 7) is 2.87. The molecule has 5 N–H and O–H groups in total. The van der Waals surface area contributed by atoms with Crippen molar-refractivity contribution >= 4 is 40.6 Å². The molecule has 0 aliphatic carbocycles. The van der Waals surface area contributed by atoms with Crippen molar-refractivity contribution in [3.8, 4) is 6.07 Å². The molecule has 0 radical (unpaired) electrons. The number of halogens is 3. The number of carbonyl (C=O) groups is 2. The summed E-state index contributed by atoms with van der Waals surface area (Å²) in [6.07, 6.45) is -3.27. The van der Waals surface area contributed by atoms with Gasteiger partial charge in [-0.05, 0) is 36.4 Å². The summed E-state index contributed by atoms with van der Waals surface area (Å²) in [5.41, 5.74) is 1.32. The van der Waals surface area contributed by atoms with Crippen molar-refractivity contribution in [2.75, 3.05) is 29.2 Å². The summed E-state index contributed by atoms with van der Waals surface area (Å²) in [5, 5.41) is 25.9. The first-order valence-corrected chi connectivity index (χ1v) is 10.7. The Balaban J connectivity index is 1.97. The maximum absolute atomic E-state index is 13.7. The molecule has 0 saturated carbocycles. The summed E-state index contributed by atoms with van der Waals surface area (Å²) in [7, 11) is 0. The van der Waals surface area contributed by atoms with E-state index in [0.717, 1.165) is 6.08 Å². The Bertz CT molecular complexity index is 1390. The number of carbonyl (C=O) groups excluding carboxylic acids is 2. The maximum Gasteiger partial charge on any atom is 0.421 e. The zero-order valence-corrected chi connectivity index (χ0v) is 19.5. The molecule has 0 unspecified atom stereocenters. The summed E-state index contributed by atoms with van der Waals surface area (Å²) in [6, 6.07) is 11.8. The molecule has 38 heavy (non-hydrogen) atoms. The lowest BCUT2D eigenvalue weighted by molar-refractivity contribution is -0.137. The number of rotatable bonds is 10. The highest BCUT2D eigenvalue weighted by molar-refractivity contribution is 6.01. The highest BCUT2D eigenvalue weighted by Crippen LogP contribution is 2.36. The number of hydrogen-bond acceptors (Lipinski definition) is 9. The van der Waals surface area contributed by atoms with Crippen molar-refractivity contribution in [3.05, 3.63) is 78.0 Å². The Morgan fingerprint density at radius 3 is 2.53 bits per heavy atom. The lowest BCUT2D eigenvalue weighted by atomic mass is 10.1. The Labute approximate surface area is 213 Å². The zero-order chi connectivity index (χ0) is 27.7. The van der Waals surface area contributed by atoms with Gasteiger partial charge in [0.15, 0.2) is 0 Å². The van der Waals surface area contributed by atoms with E-state index in [2.05, 4.69) is 38.0 Å². The predicted octanol–water partition coefficient (Wildman–Crippen LogP) is 3.63. The van der Waals surface area contributed by atoms with Crippen molar-refractivity contribution in [3.63, 3.8) is 0 Å². The lowest BCUT2D eigenvalue weighted by Crippen LogP contribution is -2.25. The molecule has 1 heterocycles. The average Bonchev–Trinajstić information content (AvgIpc) is 2.89. The van der Waals surface area contributed by atoms with Gasteiger partial charge in [-0.1, -0.05) is 18.7 Å². The van der Waals surface area contributed by atoms with E-state index in [0.29, 0.717) is 6.20 Å². The number of aromatic nitrogens is 2. The summed E-state index contributed by atoms with van der Waals surface area (Å²) >= 11 is 0. The average molecular weight is 527 g/mol. The topological polar surface area (TPSA) is 161 Å². The molecule has 0 fully saturated rings. The van der Waals surface area contributed by atoms with Crippen molar-refractivity contribution in [1.29, 1.82) is 5.26 Å². The van der Waals surface area contributed by atoms with Crippen LogP contribution >= 0.6 is 0 Å². The smallest absolute Gasteiger partial charge is 0.394 e. The molecular formula is C24H20F3N7O4. The van der Waals surface area contributed by atoms with E-state index < -0.39 is 29.4 Å². The van der Waals surface area contributed by atoms with Gasteiger partial charge in [-0.15, -0.1) is 0 Å². The number of anilines is 5. The van der Waals surface area contributed by atoms with Crippen LogP contribution in [-0.2, 0) is 15.8 Å². The molecule has 14 heteroatoms. The minimum absolute atomic E-state index is 0.0339. The number of nitrogens with one attached hydrogen (secondary N) is 4. The molecule has 0 saturated heterocycles. The minimum atomic E-state index is -4.83. The highest BCUT2D eigenvalue weighted by Gasteiger charge is 2.35. The molecule has 0 atom stereocenters. The molecule has 0 spiro atoms. The van der Waals surface area contributed by atoms with Gasteiger partial charge in [0, 0.05) is 11.8 Å². The van der Waals surface area contributed by atoms with Crippen LogP contribution in [-0.4, -0.2) is 40.1 Å². The molecule has 2 amide bonds. The summed E-state index contributed by atoms with van der Waals surface area (Å²) < 4.78 is 41.2. The minimum Gasteiger partial charge on any atom is -0.394 e. The lowest BCUT2D eigenvalue weighted by Gasteiger charge is -2.17. The van der Waals surface area contributed by atoms with Crippen molar-refractivity contribution in [2.24, 2.45) is 0 Å². The van der Waals surface area contributed by atoms with E-state index in [4.69, 9.17) is 9.94 Å². The number of benzene rings is 2. The van der Waals surface area contributed by atoms with Crippen LogP contribution in [0.2, 0.25) is 0 Å². The van der Waals surface area contributed by atoms with Crippen LogP contribution in [0.3, 0.4) is 0 Å². The predicted molar refractivity (Wildman–Crippen MR) is 131 cm³/mol. The molecule has 11 nitrogen and oxygen atoms in total. The van der Waals surface area contributed by atoms with E-state index in [1.807, 2.05) is 6.07 Å². The summed E-state index contributed by atoms with van der Waals surface area (Å²) in [5.74, 6) is -2.23. The largest absolute Gasteiger partial charge is 0.421 e. The Morgan fingerprint density at radius 2 is 1.87 bits per heavy atom. The van der Waals surface area contributed by atoms with Crippen LogP contribution < -0.4 is 21.4 Å². The third kappa shape index (κ3) is 7.03. The van der Waals surface area contributed by atoms with Gasteiger partial charge < -0.3 is 21.1 Å². The van der Waals surface area contributed by atoms with Gasteiger partial charge in [0.25, 0.3) is 5.91 Å². The molecule has 196 valence electrons. The SMILES string of the molecule is C=CC(=O)Nc1ccccc1Nc1nc(Nc2cc(C(=O)NOCCO)ccc2C#N)ncc1C(F)(F)F. The molecule has 1 aromatic heterocycles. The van der Waals surface area contributed by atoms with Crippen LogP contribution in [0, 0.1) is 11.3 Å². The van der Waals surface area contributed by atoms with Crippen molar-refractivity contribution in [2.45, 2.75) is 6.18 Å². The van der Waals surface area contributed by atoms with Crippen LogP contribution in [0.4, 0.5) is 42.0 Å². The van der Waals surface area contributed by atoms with E-state index in [1.165, 1.54) is 30.3 Å². The maximum atomic E-state index is 13.7. The van der Waals surface area contributed by atoms with Gasteiger partial charge in [0.05, 0.1) is 35.8 Å². The van der Waals surface area contributed by atoms with Crippen LogP contribution in [0.5, 0.6) is 0 Å². The van der Waals surface area contributed by atoms with Gasteiger partial charge in [-0.3, -0.25) is 14.4 Å². The fourth-order valence-electron chi connectivity index (χ4n) is 2.99. The molecule has 3 aromatic rings. The highest BCUT2D eigenvalue weighted by atomic mass is 19.4. The fraction of sp³-hybridized carbons (Fsp3) is 0.125. The van der Waals surface area contributed by atoms with E-state index in [9.17, 15) is 28.0 Å². The van der Waals surface area contributed by atoms with E-state index >= 15 is 0 Å².